The summed E-state index contributed by atoms with van der Waals surface area (Å²) in [5.41, 5.74) is 0.829. The van der Waals surface area contributed by atoms with Crippen molar-refractivity contribution in [3.8, 4) is 11.5 Å². The van der Waals surface area contributed by atoms with E-state index in [1.54, 1.807) is 31.4 Å². The number of phenols is 1. The normalized spacial score (nSPS) is 15.2. The van der Waals surface area contributed by atoms with Gasteiger partial charge in [-0.25, -0.2) is 0 Å². The number of benzene rings is 1. The molecule has 0 bridgehead atoms. The molecule has 1 amide bonds. The lowest BCUT2D eigenvalue weighted by atomic mass is 10.0. The van der Waals surface area contributed by atoms with E-state index >= 15 is 0 Å². The summed E-state index contributed by atoms with van der Waals surface area (Å²) in [5.74, 6) is 3.04. The molecule has 0 saturated carbocycles. The number of nitrogens with zero attached hydrogens (tertiary/aromatic N) is 4. The maximum absolute atomic E-state index is 12.7. The second-order valence-electron chi connectivity index (χ2n) is 8.78. The van der Waals surface area contributed by atoms with Crippen molar-refractivity contribution in [2.45, 2.75) is 45.8 Å². The van der Waals surface area contributed by atoms with E-state index in [-0.39, 0.29) is 23.5 Å². The zero-order valence-electron chi connectivity index (χ0n) is 19.3. The zero-order chi connectivity index (χ0) is 23.4. The number of amides is 1. The lowest BCUT2D eigenvalue weighted by molar-refractivity contribution is 0.0900. The molecule has 0 saturated heterocycles. The Balaban J connectivity index is 1.50. The number of aromatic nitrogens is 3. The second-order valence-corrected chi connectivity index (χ2v) is 8.78. The molecule has 33 heavy (non-hydrogen) atoms. The third-order valence-corrected chi connectivity index (χ3v) is 5.90. The van der Waals surface area contributed by atoms with Crippen LogP contribution in [0.4, 0.5) is 0 Å². The van der Waals surface area contributed by atoms with Crippen molar-refractivity contribution in [1.82, 2.24) is 25.0 Å². The van der Waals surface area contributed by atoms with Crippen molar-refractivity contribution in [3.63, 3.8) is 0 Å². The fourth-order valence-electron chi connectivity index (χ4n) is 4.20. The third-order valence-electron chi connectivity index (χ3n) is 5.90. The second kappa shape index (κ2) is 10.1. The van der Waals surface area contributed by atoms with Gasteiger partial charge in [-0.2, -0.15) is 0 Å². The van der Waals surface area contributed by atoms with Gasteiger partial charge in [-0.05, 0) is 42.7 Å². The van der Waals surface area contributed by atoms with Gasteiger partial charge in [-0.1, -0.05) is 13.8 Å². The Morgan fingerprint density at radius 1 is 1.24 bits per heavy atom. The van der Waals surface area contributed by atoms with Gasteiger partial charge in [0.1, 0.15) is 17.3 Å². The van der Waals surface area contributed by atoms with Crippen LogP contribution in [-0.4, -0.2) is 50.9 Å². The van der Waals surface area contributed by atoms with E-state index in [1.807, 2.05) is 6.07 Å². The quantitative estimate of drug-likeness (QED) is 0.540. The summed E-state index contributed by atoms with van der Waals surface area (Å²) >= 11 is 0. The molecular weight excluding hydrogens is 422 g/mol. The Kier molecular flexibility index (Phi) is 6.98. The standard InChI is InChI=1S/C24H31N5O4/c1-16(2)13-19(25-24(31)21-5-4-12-33-21)23-27-26-22-8-9-28(10-11-29(22)23)15-17-14-18(32-3)6-7-20(17)30/h4-7,12,14,16,19,30H,8-11,13,15H2,1-3H3,(H,25,31)/t19-/m0/s1. The summed E-state index contributed by atoms with van der Waals surface area (Å²) < 4.78 is 12.7. The number of hydrogen-bond donors (Lipinski definition) is 2. The summed E-state index contributed by atoms with van der Waals surface area (Å²) in [5, 5.41) is 22.3. The Labute approximate surface area is 193 Å². The highest BCUT2D eigenvalue weighted by Crippen LogP contribution is 2.26. The molecule has 9 nitrogen and oxygen atoms in total. The number of furan rings is 1. The van der Waals surface area contributed by atoms with Crippen LogP contribution in [0.3, 0.4) is 0 Å². The number of methoxy groups -OCH3 is 1. The van der Waals surface area contributed by atoms with Crippen LogP contribution in [0.25, 0.3) is 0 Å². The van der Waals surface area contributed by atoms with Crippen LogP contribution in [0, 0.1) is 5.92 Å². The van der Waals surface area contributed by atoms with E-state index in [2.05, 4.69) is 38.8 Å². The molecule has 176 valence electrons. The van der Waals surface area contributed by atoms with Gasteiger partial charge >= 0.3 is 0 Å². The molecule has 1 aliphatic heterocycles. The van der Waals surface area contributed by atoms with E-state index < -0.39 is 0 Å². The van der Waals surface area contributed by atoms with Gasteiger partial charge in [0, 0.05) is 38.2 Å². The lowest BCUT2D eigenvalue weighted by Gasteiger charge is -2.22. The van der Waals surface area contributed by atoms with Gasteiger partial charge in [-0.15, -0.1) is 10.2 Å². The molecule has 2 N–H and O–H groups in total. The molecule has 0 fully saturated rings. The molecule has 1 atom stereocenters. The van der Waals surface area contributed by atoms with E-state index in [0.717, 1.165) is 48.9 Å². The van der Waals surface area contributed by atoms with Crippen molar-refractivity contribution in [3.05, 3.63) is 59.6 Å². The number of carbonyl (C=O) groups is 1. The minimum Gasteiger partial charge on any atom is -0.508 e. The number of rotatable bonds is 8. The smallest absolute Gasteiger partial charge is 0.287 e. The molecule has 1 aliphatic rings. The van der Waals surface area contributed by atoms with Crippen molar-refractivity contribution in [2.24, 2.45) is 5.92 Å². The Bertz CT molecular complexity index is 1080. The molecule has 3 aromatic rings. The third kappa shape index (κ3) is 5.36. The maximum Gasteiger partial charge on any atom is 0.287 e. The monoisotopic (exact) mass is 453 g/mol. The topological polar surface area (TPSA) is 106 Å². The summed E-state index contributed by atoms with van der Waals surface area (Å²) in [6, 6.07) is 8.37. The highest BCUT2D eigenvalue weighted by atomic mass is 16.5. The Morgan fingerprint density at radius 3 is 2.82 bits per heavy atom. The van der Waals surface area contributed by atoms with Crippen LogP contribution < -0.4 is 10.1 Å². The number of ether oxygens (including phenoxy) is 1. The van der Waals surface area contributed by atoms with E-state index in [1.165, 1.54) is 6.26 Å². The van der Waals surface area contributed by atoms with Crippen molar-refractivity contribution in [2.75, 3.05) is 20.2 Å². The molecule has 4 rings (SSSR count). The number of fused-ring (bicyclic) bond motifs is 1. The van der Waals surface area contributed by atoms with Crippen LogP contribution in [-0.2, 0) is 19.5 Å². The first kappa shape index (κ1) is 22.8. The molecule has 1 aromatic carbocycles. The molecule has 0 spiro atoms. The van der Waals surface area contributed by atoms with Crippen LogP contribution in [0.5, 0.6) is 11.5 Å². The van der Waals surface area contributed by atoms with Gasteiger partial charge in [0.05, 0.1) is 19.4 Å². The average molecular weight is 454 g/mol. The first-order chi connectivity index (χ1) is 15.9. The highest BCUT2D eigenvalue weighted by Gasteiger charge is 2.27. The number of hydrogen-bond acceptors (Lipinski definition) is 7. The lowest BCUT2D eigenvalue weighted by Crippen LogP contribution is -2.32. The molecule has 9 heteroatoms. The maximum atomic E-state index is 12.7. The van der Waals surface area contributed by atoms with Gasteiger partial charge < -0.3 is 24.1 Å². The number of phenolic OH excluding ortho intramolecular Hbond substituents is 1. The Morgan fingerprint density at radius 2 is 2.09 bits per heavy atom. The van der Waals surface area contributed by atoms with Gasteiger partial charge in [-0.3, -0.25) is 9.69 Å². The predicted molar refractivity (Wildman–Crippen MR) is 122 cm³/mol. The summed E-state index contributed by atoms with van der Waals surface area (Å²) in [6.07, 6.45) is 2.97. The van der Waals surface area contributed by atoms with Crippen molar-refractivity contribution >= 4 is 5.91 Å². The van der Waals surface area contributed by atoms with Crippen LogP contribution >= 0.6 is 0 Å². The van der Waals surface area contributed by atoms with Gasteiger partial charge in [0.25, 0.3) is 5.91 Å². The fraction of sp³-hybridized carbons (Fsp3) is 0.458. The molecule has 3 heterocycles. The SMILES string of the molecule is COc1ccc(O)c(CN2CCc3nnc([C@H](CC(C)C)NC(=O)c4ccco4)n3CC2)c1. The fourth-order valence-corrected chi connectivity index (χ4v) is 4.20. The molecule has 0 radical (unpaired) electrons. The van der Waals surface area contributed by atoms with Gasteiger partial charge in [0.2, 0.25) is 0 Å². The number of aromatic hydroxyl groups is 1. The van der Waals surface area contributed by atoms with Crippen molar-refractivity contribution < 1.29 is 19.1 Å². The summed E-state index contributed by atoms with van der Waals surface area (Å²) in [4.78, 5) is 14.9. The first-order valence-electron chi connectivity index (χ1n) is 11.3. The molecular formula is C24H31N5O4. The molecule has 2 aromatic heterocycles. The minimum atomic E-state index is -0.266. The minimum absolute atomic E-state index is 0.258. The van der Waals surface area contributed by atoms with E-state index in [4.69, 9.17) is 9.15 Å². The average Bonchev–Trinajstić information content (AvgIpc) is 3.43. The molecule has 0 unspecified atom stereocenters. The summed E-state index contributed by atoms with van der Waals surface area (Å²) in [7, 11) is 1.62. The highest BCUT2D eigenvalue weighted by molar-refractivity contribution is 5.91. The number of carbonyl (C=O) groups excluding carboxylic acids is 1. The largest absolute Gasteiger partial charge is 0.508 e. The first-order valence-corrected chi connectivity index (χ1v) is 11.3. The number of nitrogens with one attached hydrogen (secondary N) is 1. The summed E-state index contributed by atoms with van der Waals surface area (Å²) in [6.45, 7) is 7.12. The van der Waals surface area contributed by atoms with E-state index in [0.29, 0.717) is 19.0 Å². The van der Waals surface area contributed by atoms with Crippen LogP contribution in [0.15, 0.2) is 41.0 Å². The Hall–Kier alpha value is -3.33. The van der Waals surface area contributed by atoms with Crippen molar-refractivity contribution in [1.29, 1.82) is 0 Å². The van der Waals surface area contributed by atoms with E-state index in [9.17, 15) is 9.90 Å². The van der Waals surface area contributed by atoms with Crippen LogP contribution in [0.2, 0.25) is 0 Å². The zero-order valence-corrected chi connectivity index (χ0v) is 19.3. The van der Waals surface area contributed by atoms with Crippen LogP contribution in [0.1, 0.15) is 54.1 Å². The predicted octanol–water partition coefficient (Wildman–Crippen LogP) is 3.16. The van der Waals surface area contributed by atoms with Gasteiger partial charge in [0.15, 0.2) is 11.6 Å². The molecule has 0 aliphatic carbocycles.